The lowest BCUT2D eigenvalue weighted by Gasteiger charge is -2.12. The highest BCUT2D eigenvalue weighted by molar-refractivity contribution is 7.95. The smallest absolute Gasteiger partial charge is 0.255 e. The lowest BCUT2D eigenvalue weighted by molar-refractivity contribution is 0.0938. The molecule has 2 aromatic rings. The monoisotopic (exact) mass is 370 g/mol. The van der Waals surface area contributed by atoms with Gasteiger partial charge in [-0.25, -0.2) is 8.42 Å². The van der Waals surface area contributed by atoms with Gasteiger partial charge in [0.1, 0.15) is 0 Å². The van der Waals surface area contributed by atoms with E-state index in [-0.39, 0.29) is 11.9 Å². The fraction of sp³-hybridized carbons (Fsp3) is 0.250. The Morgan fingerprint density at radius 1 is 0.962 bits per heavy atom. The Labute approximate surface area is 154 Å². The zero-order valence-corrected chi connectivity index (χ0v) is 15.2. The molecule has 1 amide bonds. The molecule has 0 atom stereocenters. The van der Waals surface area contributed by atoms with Gasteiger partial charge in [0, 0.05) is 17.3 Å². The summed E-state index contributed by atoms with van der Waals surface area (Å²) in [7, 11) is -3.62. The molecule has 0 unspecified atom stereocenters. The Bertz CT molecular complexity index is 869. The maximum atomic E-state index is 12.2. The van der Waals surface area contributed by atoms with Gasteiger partial charge in [0.05, 0.1) is 5.41 Å². The van der Waals surface area contributed by atoms with E-state index in [0.717, 1.165) is 36.7 Å². The van der Waals surface area contributed by atoms with Gasteiger partial charge in [0.15, 0.2) is 0 Å². The first-order valence-electron chi connectivity index (χ1n) is 8.69. The van der Waals surface area contributed by atoms with Gasteiger partial charge in [-0.1, -0.05) is 43.2 Å². The molecule has 3 rings (SSSR count). The van der Waals surface area contributed by atoms with Crippen LogP contribution < -0.4 is 10.0 Å². The molecule has 2 aromatic carbocycles. The second kappa shape index (κ2) is 8.19. The van der Waals surface area contributed by atoms with Gasteiger partial charge in [-0.05, 0) is 48.7 Å². The molecule has 136 valence electrons. The van der Waals surface area contributed by atoms with Crippen LogP contribution in [0.4, 0.5) is 5.69 Å². The van der Waals surface area contributed by atoms with Gasteiger partial charge in [-0.3, -0.25) is 9.52 Å². The van der Waals surface area contributed by atoms with Crippen molar-refractivity contribution in [3.8, 4) is 0 Å². The molecule has 0 spiro atoms. The molecule has 2 N–H and O–H groups in total. The summed E-state index contributed by atoms with van der Waals surface area (Å²) in [5.41, 5.74) is 1.75. The van der Waals surface area contributed by atoms with Gasteiger partial charge in [0.25, 0.3) is 15.9 Å². The molecular weight excluding hydrogens is 348 g/mol. The number of rotatable bonds is 6. The number of anilines is 1. The van der Waals surface area contributed by atoms with Gasteiger partial charge in [0.2, 0.25) is 0 Å². The fourth-order valence-electron chi connectivity index (χ4n) is 2.96. The molecule has 1 fully saturated rings. The number of benzene rings is 2. The zero-order valence-electron chi connectivity index (χ0n) is 14.4. The summed E-state index contributed by atoms with van der Waals surface area (Å²) in [6.45, 7) is 0. The summed E-state index contributed by atoms with van der Waals surface area (Å²) in [6.07, 6.45) is 5.89. The van der Waals surface area contributed by atoms with Crippen LogP contribution in [0.1, 0.15) is 41.6 Å². The highest BCUT2D eigenvalue weighted by atomic mass is 32.2. The molecule has 0 radical (unpaired) electrons. The SMILES string of the molecule is O=C(NC1CCCC1)c1ccc(NS(=O)(=O)C=Cc2ccccc2)cc1. The van der Waals surface area contributed by atoms with E-state index in [2.05, 4.69) is 10.0 Å². The molecule has 0 bridgehead atoms. The third-order valence-corrected chi connectivity index (χ3v) is 5.35. The maximum absolute atomic E-state index is 12.2. The first kappa shape index (κ1) is 18.2. The number of hydrogen-bond acceptors (Lipinski definition) is 3. The van der Waals surface area contributed by atoms with Crippen LogP contribution in [0.2, 0.25) is 0 Å². The molecule has 26 heavy (non-hydrogen) atoms. The van der Waals surface area contributed by atoms with Crippen molar-refractivity contribution in [2.24, 2.45) is 0 Å². The summed E-state index contributed by atoms with van der Waals surface area (Å²) < 4.78 is 26.8. The quantitative estimate of drug-likeness (QED) is 0.813. The van der Waals surface area contributed by atoms with E-state index in [1.165, 1.54) is 6.08 Å². The van der Waals surface area contributed by atoms with Crippen molar-refractivity contribution in [1.29, 1.82) is 0 Å². The second-order valence-electron chi connectivity index (χ2n) is 6.39. The first-order valence-corrected chi connectivity index (χ1v) is 10.2. The number of nitrogens with one attached hydrogen (secondary N) is 2. The molecular formula is C20H22N2O3S. The van der Waals surface area contributed by atoms with Gasteiger partial charge < -0.3 is 5.32 Å². The zero-order chi connectivity index (χ0) is 18.4. The van der Waals surface area contributed by atoms with Crippen molar-refractivity contribution in [3.05, 3.63) is 71.1 Å². The fourth-order valence-corrected chi connectivity index (χ4v) is 3.83. The summed E-state index contributed by atoms with van der Waals surface area (Å²) in [4.78, 5) is 12.2. The molecule has 5 nitrogen and oxygen atoms in total. The van der Waals surface area contributed by atoms with E-state index in [9.17, 15) is 13.2 Å². The largest absolute Gasteiger partial charge is 0.349 e. The van der Waals surface area contributed by atoms with Crippen LogP contribution in [-0.4, -0.2) is 20.4 Å². The minimum absolute atomic E-state index is 0.115. The minimum Gasteiger partial charge on any atom is -0.349 e. The second-order valence-corrected chi connectivity index (χ2v) is 7.96. The number of carbonyl (C=O) groups excluding carboxylic acids is 1. The number of hydrogen-bond donors (Lipinski definition) is 2. The summed E-state index contributed by atoms with van der Waals surface area (Å²) in [5.74, 6) is -0.115. The Hall–Kier alpha value is -2.60. The van der Waals surface area contributed by atoms with Crippen molar-refractivity contribution in [3.63, 3.8) is 0 Å². The molecule has 0 aromatic heterocycles. The number of amides is 1. The van der Waals surface area contributed by atoms with Gasteiger partial charge in [-0.2, -0.15) is 0 Å². The molecule has 0 aliphatic heterocycles. The van der Waals surface area contributed by atoms with Gasteiger partial charge >= 0.3 is 0 Å². The molecule has 1 saturated carbocycles. The molecule has 1 aliphatic carbocycles. The van der Waals surface area contributed by atoms with E-state index in [4.69, 9.17) is 0 Å². The van der Waals surface area contributed by atoms with Crippen LogP contribution in [0.3, 0.4) is 0 Å². The Balaban J connectivity index is 1.61. The highest BCUT2D eigenvalue weighted by Crippen LogP contribution is 2.19. The van der Waals surface area contributed by atoms with Crippen LogP contribution >= 0.6 is 0 Å². The van der Waals surface area contributed by atoms with Crippen molar-refractivity contribution in [2.45, 2.75) is 31.7 Å². The lowest BCUT2D eigenvalue weighted by Crippen LogP contribution is -2.32. The van der Waals surface area contributed by atoms with E-state index in [1.807, 2.05) is 30.3 Å². The van der Waals surface area contributed by atoms with Crippen molar-refractivity contribution in [2.75, 3.05) is 4.72 Å². The average molecular weight is 370 g/mol. The van der Waals surface area contributed by atoms with Crippen LogP contribution in [0.25, 0.3) is 6.08 Å². The third kappa shape index (κ3) is 5.20. The lowest BCUT2D eigenvalue weighted by atomic mass is 10.1. The van der Waals surface area contributed by atoms with E-state index in [0.29, 0.717) is 11.3 Å². The van der Waals surface area contributed by atoms with E-state index < -0.39 is 10.0 Å². The third-order valence-electron chi connectivity index (χ3n) is 4.34. The summed E-state index contributed by atoms with van der Waals surface area (Å²) in [5, 5.41) is 4.14. The van der Waals surface area contributed by atoms with Crippen molar-refractivity contribution in [1.82, 2.24) is 5.32 Å². The topological polar surface area (TPSA) is 75.3 Å². The van der Waals surface area contributed by atoms with Crippen molar-refractivity contribution < 1.29 is 13.2 Å². The highest BCUT2D eigenvalue weighted by Gasteiger charge is 2.18. The summed E-state index contributed by atoms with van der Waals surface area (Å²) in [6, 6.07) is 15.9. The minimum atomic E-state index is -3.62. The Kier molecular flexibility index (Phi) is 5.73. The molecule has 1 aliphatic rings. The molecule has 0 heterocycles. The standard InChI is InChI=1S/C20H22N2O3S/c23-20(21-18-8-4-5-9-18)17-10-12-19(13-11-17)22-26(24,25)15-14-16-6-2-1-3-7-16/h1-3,6-7,10-15,18,22H,4-5,8-9H2,(H,21,23). The predicted octanol–water partition coefficient (Wildman–Crippen LogP) is 3.77. The van der Waals surface area contributed by atoms with Crippen LogP contribution in [0.15, 0.2) is 60.0 Å². The molecule has 6 heteroatoms. The van der Waals surface area contributed by atoms with Crippen LogP contribution in [-0.2, 0) is 10.0 Å². The predicted molar refractivity (Wildman–Crippen MR) is 104 cm³/mol. The van der Waals surface area contributed by atoms with E-state index in [1.54, 1.807) is 24.3 Å². The van der Waals surface area contributed by atoms with Gasteiger partial charge in [-0.15, -0.1) is 0 Å². The van der Waals surface area contributed by atoms with Crippen LogP contribution in [0.5, 0.6) is 0 Å². The molecule has 0 saturated heterocycles. The Morgan fingerprint density at radius 3 is 2.27 bits per heavy atom. The van der Waals surface area contributed by atoms with Crippen molar-refractivity contribution >= 4 is 27.7 Å². The van der Waals surface area contributed by atoms with E-state index >= 15 is 0 Å². The first-order chi connectivity index (χ1) is 12.5. The normalized spacial score (nSPS) is 15.2. The number of carbonyl (C=O) groups is 1. The van der Waals surface area contributed by atoms with Crippen LogP contribution in [0, 0.1) is 0 Å². The number of sulfonamides is 1. The summed E-state index contributed by atoms with van der Waals surface area (Å²) >= 11 is 0. The average Bonchev–Trinajstić information content (AvgIpc) is 3.14. The Morgan fingerprint density at radius 2 is 1.62 bits per heavy atom. The maximum Gasteiger partial charge on any atom is 0.255 e.